The first-order valence-corrected chi connectivity index (χ1v) is 7.43. The summed E-state index contributed by atoms with van der Waals surface area (Å²) in [5, 5.41) is 12.7. The molecule has 0 radical (unpaired) electrons. The van der Waals surface area contributed by atoms with E-state index in [0.29, 0.717) is 11.8 Å². The number of carboxylic acid groups (broad SMARTS) is 1. The lowest BCUT2D eigenvalue weighted by molar-refractivity contribution is -0.144. The summed E-state index contributed by atoms with van der Waals surface area (Å²) in [6.07, 6.45) is 3.49. The third kappa shape index (κ3) is 2.38. The molecule has 0 aromatic heterocycles. The molecule has 0 saturated heterocycles. The van der Waals surface area contributed by atoms with Crippen LogP contribution in [0.4, 0.5) is 0 Å². The summed E-state index contributed by atoms with van der Waals surface area (Å²) < 4.78 is 0. The van der Waals surface area contributed by atoms with Crippen molar-refractivity contribution in [3.8, 4) is 0 Å². The Morgan fingerprint density at radius 1 is 1.44 bits per heavy atom. The topological polar surface area (TPSA) is 49.3 Å². The SMILES string of the molecule is CCSCCNC1C2CCC(C2)C1C(=O)O. The van der Waals surface area contributed by atoms with Gasteiger partial charge in [0.15, 0.2) is 0 Å². The van der Waals surface area contributed by atoms with Gasteiger partial charge in [0.1, 0.15) is 0 Å². The maximum Gasteiger partial charge on any atom is 0.308 e. The Balaban J connectivity index is 1.84. The van der Waals surface area contributed by atoms with Gasteiger partial charge in [-0.05, 0) is 36.9 Å². The zero-order valence-corrected chi connectivity index (χ0v) is 10.6. The Bertz CT molecular complexity index is 259. The average Bonchev–Trinajstić information content (AvgIpc) is 2.83. The van der Waals surface area contributed by atoms with E-state index in [4.69, 9.17) is 0 Å². The number of carboxylic acids is 1. The minimum Gasteiger partial charge on any atom is -0.481 e. The fraction of sp³-hybridized carbons (Fsp3) is 0.917. The first kappa shape index (κ1) is 12.2. The predicted molar refractivity (Wildman–Crippen MR) is 66.7 cm³/mol. The second-order valence-corrected chi connectivity index (χ2v) is 6.27. The molecular weight excluding hydrogens is 222 g/mol. The van der Waals surface area contributed by atoms with Crippen molar-refractivity contribution in [2.24, 2.45) is 17.8 Å². The lowest BCUT2D eigenvalue weighted by atomic mass is 9.84. The van der Waals surface area contributed by atoms with E-state index in [2.05, 4.69) is 12.2 Å². The van der Waals surface area contributed by atoms with Gasteiger partial charge >= 0.3 is 5.97 Å². The van der Waals surface area contributed by atoms with Crippen molar-refractivity contribution in [2.45, 2.75) is 32.2 Å². The van der Waals surface area contributed by atoms with Crippen LogP contribution in [-0.2, 0) is 4.79 Å². The van der Waals surface area contributed by atoms with Crippen LogP contribution in [0.3, 0.4) is 0 Å². The van der Waals surface area contributed by atoms with Crippen LogP contribution in [0, 0.1) is 17.8 Å². The molecule has 16 heavy (non-hydrogen) atoms. The van der Waals surface area contributed by atoms with E-state index < -0.39 is 5.97 Å². The Hall–Kier alpha value is -0.220. The molecule has 0 aliphatic heterocycles. The van der Waals surface area contributed by atoms with Crippen molar-refractivity contribution in [3.63, 3.8) is 0 Å². The van der Waals surface area contributed by atoms with Gasteiger partial charge < -0.3 is 10.4 Å². The summed E-state index contributed by atoms with van der Waals surface area (Å²) in [4.78, 5) is 11.2. The zero-order chi connectivity index (χ0) is 11.5. The smallest absolute Gasteiger partial charge is 0.308 e. The molecule has 92 valence electrons. The molecule has 2 aliphatic carbocycles. The van der Waals surface area contributed by atoms with Crippen molar-refractivity contribution < 1.29 is 9.90 Å². The van der Waals surface area contributed by atoms with Crippen LogP contribution in [0.25, 0.3) is 0 Å². The van der Waals surface area contributed by atoms with Gasteiger partial charge in [0.05, 0.1) is 5.92 Å². The normalized spacial score (nSPS) is 36.8. The van der Waals surface area contributed by atoms with Crippen LogP contribution in [0.15, 0.2) is 0 Å². The van der Waals surface area contributed by atoms with Gasteiger partial charge in [0.25, 0.3) is 0 Å². The molecule has 2 aliphatic rings. The summed E-state index contributed by atoms with van der Waals surface area (Å²) in [6, 6.07) is 0.244. The molecule has 0 spiro atoms. The molecule has 3 nitrogen and oxygen atoms in total. The highest BCUT2D eigenvalue weighted by molar-refractivity contribution is 7.99. The van der Waals surface area contributed by atoms with E-state index in [1.54, 1.807) is 0 Å². The summed E-state index contributed by atoms with van der Waals surface area (Å²) in [7, 11) is 0. The molecule has 2 rings (SSSR count). The predicted octanol–water partition coefficient (Wildman–Crippen LogP) is 1.83. The Morgan fingerprint density at radius 3 is 2.88 bits per heavy atom. The highest BCUT2D eigenvalue weighted by atomic mass is 32.2. The first-order chi connectivity index (χ1) is 7.74. The molecule has 0 amide bonds. The third-order valence-corrected chi connectivity index (χ3v) is 4.93. The van der Waals surface area contributed by atoms with Crippen LogP contribution < -0.4 is 5.32 Å². The summed E-state index contributed by atoms with van der Waals surface area (Å²) in [6.45, 7) is 3.11. The molecule has 4 heteroatoms. The van der Waals surface area contributed by atoms with Gasteiger partial charge in [-0.1, -0.05) is 6.92 Å². The van der Waals surface area contributed by atoms with Crippen LogP contribution in [0.5, 0.6) is 0 Å². The Kier molecular flexibility index (Phi) is 4.14. The van der Waals surface area contributed by atoms with Gasteiger partial charge in [-0.25, -0.2) is 0 Å². The fourth-order valence-corrected chi connectivity index (χ4v) is 3.93. The monoisotopic (exact) mass is 243 g/mol. The highest BCUT2D eigenvalue weighted by Crippen LogP contribution is 2.48. The minimum absolute atomic E-state index is 0.120. The quantitative estimate of drug-likeness (QED) is 0.699. The summed E-state index contributed by atoms with van der Waals surface area (Å²) >= 11 is 1.91. The van der Waals surface area contributed by atoms with E-state index in [0.717, 1.165) is 30.9 Å². The first-order valence-electron chi connectivity index (χ1n) is 6.28. The number of aliphatic carboxylic acids is 1. The second-order valence-electron chi connectivity index (χ2n) is 4.87. The van der Waals surface area contributed by atoms with Gasteiger partial charge in [-0.3, -0.25) is 4.79 Å². The van der Waals surface area contributed by atoms with Crippen molar-refractivity contribution >= 4 is 17.7 Å². The van der Waals surface area contributed by atoms with Crippen molar-refractivity contribution in [1.82, 2.24) is 5.32 Å². The number of carbonyl (C=O) groups is 1. The van der Waals surface area contributed by atoms with E-state index >= 15 is 0 Å². The van der Waals surface area contributed by atoms with E-state index in [-0.39, 0.29) is 12.0 Å². The number of fused-ring (bicyclic) bond motifs is 2. The van der Waals surface area contributed by atoms with Crippen LogP contribution in [0.1, 0.15) is 26.2 Å². The molecule has 0 aromatic rings. The molecule has 0 heterocycles. The van der Waals surface area contributed by atoms with Gasteiger partial charge in [0, 0.05) is 18.3 Å². The van der Waals surface area contributed by atoms with Gasteiger partial charge in [-0.2, -0.15) is 11.8 Å². The summed E-state index contributed by atoms with van der Waals surface area (Å²) in [5.41, 5.74) is 0. The summed E-state index contributed by atoms with van der Waals surface area (Å²) in [5.74, 6) is 2.59. The molecular formula is C12H21NO2S. The third-order valence-electron chi connectivity index (χ3n) is 4.03. The number of hydrogen-bond acceptors (Lipinski definition) is 3. The average molecular weight is 243 g/mol. The van der Waals surface area contributed by atoms with Crippen molar-refractivity contribution in [1.29, 1.82) is 0 Å². The van der Waals surface area contributed by atoms with Crippen LogP contribution in [0.2, 0.25) is 0 Å². The minimum atomic E-state index is -0.590. The largest absolute Gasteiger partial charge is 0.481 e. The Morgan fingerprint density at radius 2 is 2.19 bits per heavy atom. The highest BCUT2D eigenvalue weighted by Gasteiger charge is 2.50. The van der Waals surface area contributed by atoms with Gasteiger partial charge in [0.2, 0.25) is 0 Å². The molecule has 2 saturated carbocycles. The molecule has 4 unspecified atom stereocenters. The molecule has 2 N–H and O–H groups in total. The zero-order valence-electron chi connectivity index (χ0n) is 9.82. The van der Waals surface area contributed by atoms with Crippen LogP contribution in [-0.4, -0.2) is 35.2 Å². The van der Waals surface area contributed by atoms with Gasteiger partial charge in [-0.15, -0.1) is 0 Å². The lowest BCUT2D eigenvalue weighted by Crippen LogP contribution is -2.44. The molecule has 2 fully saturated rings. The molecule has 2 bridgehead atoms. The van der Waals surface area contributed by atoms with E-state index in [9.17, 15) is 9.90 Å². The molecule has 0 aromatic carbocycles. The lowest BCUT2D eigenvalue weighted by Gasteiger charge is -2.29. The number of rotatable bonds is 6. The Labute approximate surface area is 101 Å². The number of thioether (sulfide) groups is 1. The fourth-order valence-electron chi connectivity index (χ4n) is 3.38. The second kappa shape index (κ2) is 5.41. The van der Waals surface area contributed by atoms with E-state index in [1.165, 1.54) is 6.42 Å². The number of hydrogen-bond donors (Lipinski definition) is 2. The maximum atomic E-state index is 11.2. The van der Waals surface area contributed by atoms with Crippen LogP contribution >= 0.6 is 11.8 Å². The molecule has 4 atom stereocenters. The van der Waals surface area contributed by atoms with Crippen molar-refractivity contribution in [2.75, 3.05) is 18.1 Å². The standard InChI is InChI=1S/C12H21NO2S/c1-2-16-6-5-13-11-9-4-3-8(7-9)10(11)12(14)15/h8-11,13H,2-7H2,1H3,(H,14,15). The maximum absolute atomic E-state index is 11.2. The van der Waals surface area contributed by atoms with E-state index in [1.807, 2.05) is 11.8 Å². The van der Waals surface area contributed by atoms with Crippen molar-refractivity contribution in [3.05, 3.63) is 0 Å². The number of nitrogens with one attached hydrogen (secondary N) is 1.